The molecule has 5 rings (SSSR count). The topological polar surface area (TPSA) is 111 Å². The Labute approximate surface area is 216 Å². The number of H-pyrrole nitrogens is 1. The third-order valence-corrected chi connectivity index (χ3v) is 6.45. The minimum atomic E-state index is -3.84. The number of pyridine rings is 1. The summed E-state index contributed by atoms with van der Waals surface area (Å²) in [5.74, 6) is -0.111. The standard InChI is InChI=1S/C25H24ClF2N5O4/c1-2-32-12-15-10-20(31-21(15)24(32)36)19-9-14(11-29-22(19)33-8-7-17(34)13-33)23(35)30-16-3-5-18(6-4-16)37-25(26,27)28/h3-6,9-11,17,31,34H,2,7-8,12-13H2,1H3,(H,30,35). The number of carbonyl (C=O) groups excluding carboxylic acids is 2. The van der Waals surface area contributed by atoms with Crippen LogP contribution in [0.25, 0.3) is 11.3 Å². The summed E-state index contributed by atoms with van der Waals surface area (Å²) in [5, 5.41) is 12.8. The van der Waals surface area contributed by atoms with E-state index in [0.29, 0.717) is 61.1 Å². The SMILES string of the molecule is CCN1Cc2cc(-c3cc(C(=O)Nc4ccc(OC(F)(F)Cl)cc4)cnc3N3CCC(O)C3)[nH]c2C1=O. The number of carbonyl (C=O) groups is 2. The maximum Gasteiger partial charge on any atom is 0.487 e. The molecule has 1 saturated heterocycles. The fraction of sp³-hybridized carbons (Fsp3) is 0.320. The fourth-order valence-electron chi connectivity index (χ4n) is 4.56. The first-order valence-electron chi connectivity index (χ1n) is 11.7. The number of aliphatic hydroxyl groups excluding tert-OH is 1. The zero-order chi connectivity index (χ0) is 26.3. The molecular formula is C25H24ClF2N5O4. The van der Waals surface area contributed by atoms with E-state index in [2.05, 4.69) is 20.0 Å². The molecule has 0 bridgehead atoms. The van der Waals surface area contributed by atoms with Crippen molar-refractivity contribution >= 4 is 34.9 Å². The van der Waals surface area contributed by atoms with Crippen molar-refractivity contribution in [1.29, 1.82) is 0 Å². The zero-order valence-corrected chi connectivity index (χ0v) is 20.6. The molecule has 3 N–H and O–H groups in total. The van der Waals surface area contributed by atoms with E-state index in [9.17, 15) is 23.5 Å². The summed E-state index contributed by atoms with van der Waals surface area (Å²) in [6.45, 7) is 4.03. The van der Waals surface area contributed by atoms with Crippen LogP contribution in [0.4, 0.5) is 20.3 Å². The van der Waals surface area contributed by atoms with Gasteiger partial charge in [0.05, 0.1) is 17.4 Å². The largest absolute Gasteiger partial charge is 0.487 e. The maximum atomic E-state index is 13.0. The smallest absolute Gasteiger partial charge is 0.420 e. The molecule has 37 heavy (non-hydrogen) atoms. The van der Waals surface area contributed by atoms with Gasteiger partial charge in [-0.25, -0.2) is 4.98 Å². The highest BCUT2D eigenvalue weighted by Crippen LogP contribution is 2.35. The van der Waals surface area contributed by atoms with E-state index in [4.69, 9.17) is 11.6 Å². The van der Waals surface area contributed by atoms with Crippen LogP contribution >= 0.6 is 11.6 Å². The average molecular weight is 532 g/mol. The number of benzene rings is 1. The number of nitrogens with one attached hydrogen (secondary N) is 2. The van der Waals surface area contributed by atoms with Gasteiger partial charge in [0.25, 0.3) is 11.8 Å². The van der Waals surface area contributed by atoms with Crippen LogP contribution in [-0.4, -0.2) is 63.1 Å². The van der Waals surface area contributed by atoms with Crippen molar-refractivity contribution in [2.45, 2.75) is 31.6 Å². The van der Waals surface area contributed by atoms with Gasteiger partial charge in [-0.1, -0.05) is 0 Å². The highest BCUT2D eigenvalue weighted by molar-refractivity contribution is 6.20. The molecule has 9 nitrogen and oxygen atoms in total. The van der Waals surface area contributed by atoms with Gasteiger partial charge in [-0.15, -0.1) is 8.78 Å². The van der Waals surface area contributed by atoms with Crippen molar-refractivity contribution in [2.24, 2.45) is 0 Å². The van der Waals surface area contributed by atoms with Crippen molar-refractivity contribution in [3.8, 4) is 17.0 Å². The second kappa shape index (κ2) is 9.64. The van der Waals surface area contributed by atoms with Gasteiger partial charge in [0.2, 0.25) is 0 Å². The van der Waals surface area contributed by atoms with Crippen molar-refractivity contribution < 1.29 is 28.2 Å². The Hall–Kier alpha value is -3.70. The quantitative estimate of drug-likeness (QED) is 0.397. The van der Waals surface area contributed by atoms with Gasteiger partial charge in [0.15, 0.2) is 0 Å². The van der Waals surface area contributed by atoms with E-state index in [1.165, 1.54) is 30.5 Å². The lowest BCUT2D eigenvalue weighted by atomic mass is 10.1. The van der Waals surface area contributed by atoms with Crippen LogP contribution in [0.2, 0.25) is 0 Å². The van der Waals surface area contributed by atoms with Crippen molar-refractivity contribution in [3.63, 3.8) is 0 Å². The molecule has 4 heterocycles. The number of hydrogen-bond acceptors (Lipinski definition) is 6. The number of halogens is 3. The first kappa shape index (κ1) is 25.0. The Balaban J connectivity index is 1.43. The summed E-state index contributed by atoms with van der Waals surface area (Å²) in [6.07, 6.45) is 1.56. The molecule has 2 amide bonds. The van der Waals surface area contributed by atoms with Gasteiger partial charge in [-0.3, -0.25) is 9.59 Å². The predicted molar refractivity (Wildman–Crippen MR) is 133 cm³/mol. The number of hydrogen-bond donors (Lipinski definition) is 3. The summed E-state index contributed by atoms with van der Waals surface area (Å²) in [6, 6.07) is 8.90. The number of aromatic nitrogens is 2. The number of alkyl halides is 3. The lowest BCUT2D eigenvalue weighted by molar-refractivity contribution is -0.0964. The zero-order valence-electron chi connectivity index (χ0n) is 19.8. The van der Waals surface area contributed by atoms with E-state index in [1.807, 2.05) is 17.9 Å². The number of aromatic amines is 1. The second-order valence-electron chi connectivity index (χ2n) is 8.91. The first-order valence-corrected chi connectivity index (χ1v) is 12.1. The predicted octanol–water partition coefficient (Wildman–Crippen LogP) is 4.04. The number of rotatable bonds is 7. The Bertz CT molecular complexity index is 1340. The lowest BCUT2D eigenvalue weighted by Gasteiger charge is -2.21. The number of nitrogens with zero attached hydrogens (tertiary/aromatic N) is 3. The van der Waals surface area contributed by atoms with Crippen LogP contribution < -0.4 is 15.0 Å². The maximum absolute atomic E-state index is 13.0. The molecule has 0 saturated carbocycles. The number of amides is 2. The molecular weight excluding hydrogens is 508 g/mol. The number of anilines is 2. The molecule has 194 valence electrons. The molecule has 3 aromatic rings. The number of β-amino-alcohol motifs (C(OH)–C–C–N with tert-alkyl or cyclic N) is 1. The Morgan fingerprint density at radius 3 is 2.70 bits per heavy atom. The average Bonchev–Trinajstić information content (AvgIpc) is 3.55. The van der Waals surface area contributed by atoms with E-state index in [0.717, 1.165) is 5.56 Å². The molecule has 1 unspecified atom stereocenters. The monoisotopic (exact) mass is 531 g/mol. The van der Waals surface area contributed by atoms with Crippen molar-refractivity contribution in [3.05, 3.63) is 59.4 Å². The van der Waals surface area contributed by atoms with E-state index in [-0.39, 0.29) is 17.2 Å². The summed E-state index contributed by atoms with van der Waals surface area (Å²) in [5.41, 5.74) is -0.568. The van der Waals surface area contributed by atoms with Crippen LogP contribution in [-0.2, 0) is 6.54 Å². The summed E-state index contributed by atoms with van der Waals surface area (Å²) in [4.78, 5) is 37.1. The van der Waals surface area contributed by atoms with E-state index in [1.54, 1.807) is 11.0 Å². The second-order valence-corrected chi connectivity index (χ2v) is 9.35. The molecule has 0 aliphatic carbocycles. The van der Waals surface area contributed by atoms with Crippen LogP contribution in [0.3, 0.4) is 0 Å². The molecule has 0 radical (unpaired) electrons. The number of ether oxygens (including phenoxy) is 1. The van der Waals surface area contributed by atoms with Gasteiger partial charge < -0.3 is 29.9 Å². The minimum absolute atomic E-state index is 0.0805. The molecule has 12 heteroatoms. The number of fused-ring (bicyclic) bond motifs is 1. The fourth-order valence-corrected chi connectivity index (χ4v) is 4.65. The minimum Gasteiger partial charge on any atom is -0.420 e. The lowest BCUT2D eigenvalue weighted by Crippen LogP contribution is -2.24. The Morgan fingerprint density at radius 1 is 1.32 bits per heavy atom. The molecule has 2 aromatic heterocycles. The van der Waals surface area contributed by atoms with Crippen LogP contribution in [0.15, 0.2) is 42.6 Å². The van der Waals surface area contributed by atoms with Gasteiger partial charge in [-0.05, 0) is 49.7 Å². The molecule has 0 spiro atoms. The Morgan fingerprint density at radius 2 is 2.08 bits per heavy atom. The molecule has 1 aromatic carbocycles. The Kier molecular flexibility index (Phi) is 6.50. The van der Waals surface area contributed by atoms with E-state index >= 15 is 0 Å². The van der Waals surface area contributed by atoms with Gasteiger partial charge >= 0.3 is 5.57 Å². The van der Waals surface area contributed by atoms with Crippen molar-refractivity contribution in [1.82, 2.24) is 14.9 Å². The van der Waals surface area contributed by atoms with Crippen LogP contribution in [0.1, 0.15) is 39.8 Å². The highest BCUT2D eigenvalue weighted by atomic mass is 35.5. The molecule has 2 aliphatic rings. The third kappa shape index (κ3) is 5.23. The summed E-state index contributed by atoms with van der Waals surface area (Å²) < 4.78 is 29.9. The normalized spacial score (nSPS) is 17.3. The highest BCUT2D eigenvalue weighted by Gasteiger charge is 2.31. The first-order chi connectivity index (χ1) is 17.6. The van der Waals surface area contributed by atoms with Gasteiger partial charge in [-0.2, -0.15) is 0 Å². The molecule has 2 aliphatic heterocycles. The van der Waals surface area contributed by atoms with Crippen molar-refractivity contribution in [2.75, 3.05) is 29.9 Å². The third-order valence-electron chi connectivity index (χ3n) is 6.37. The van der Waals surface area contributed by atoms with E-state index < -0.39 is 17.6 Å². The molecule has 1 fully saturated rings. The number of aliphatic hydroxyl groups is 1. The van der Waals surface area contributed by atoms with Gasteiger partial charge in [0.1, 0.15) is 17.3 Å². The van der Waals surface area contributed by atoms with Gasteiger partial charge in [0, 0.05) is 60.8 Å². The van der Waals surface area contributed by atoms with Crippen LogP contribution in [0.5, 0.6) is 5.75 Å². The molecule has 1 atom stereocenters. The summed E-state index contributed by atoms with van der Waals surface area (Å²) in [7, 11) is 0. The summed E-state index contributed by atoms with van der Waals surface area (Å²) >= 11 is 4.78. The van der Waals surface area contributed by atoms with Crippen LogP contribution in [0, 0.1) is 0 Å².